The van der Waals surface area contributed by atoms with E-state index in [9.17, 15) is 22.0 Å². The van der Waals surface area contributed by atoms with Gasteiger partial charge in [-0.25, -0.2) is 8.78 Å². The van der Waals surface area contributed by atoms with Gasteiger partial charge in [-0.1, -0.05) is 18.2 Å². The maximum atomic E-state index is 13.9. The Hall–Kier alpha value is -2.90. The first-order valence-corrected chi connectivity index (χ1v) is 8.09. The maximum absolute atomic E-state index is 13.9. The summed E-state index contributed by atoms with van der Waals surface area (Å²) in [7, 11) is 1.43. The molecule has 0 radical (unpaired) electrons. The van der Waals surface area contributed by atoms with E-state index >= 15 is 0 Å². The van der Waals surface area contributed by atoms with Gasteiger partial charge in [0, 0.05) is 18.3 Å². The van der Waals surface area contributed by atoms with Crippen molar-refractivity contribution in [3.05, 3.63) is 71.4 Å². The van der Waals surface area contributed by atoms with Gasteiger partial charge in [-0.05, 0) is 42.8 Å². The first kappa shape index (κ1) is 18.9. The monoisotopic (exact) mass is 381 g/mol. The predicted octanol–water partition coefficient (Wildman–Crippen LogP) is 5.56. The molecule has 2 aromatic carbocycles. The van der Waals surface area contributed by atoms with Gasteiger partial charge in [-0.2, -0.15) is 18.3 Å². The molecule has 1 N–H and O–H groups in total. The minimum absolute atomic E-state index is 0.0805. The molecule has 0 fully saturated rings. The van der Waals surface area contributed by atoms with Gasteiger partial charge in [-0.3, -0.25) is 4.68 Å². The van der Waals surface area contributed by atoms with Crippen LogP contribution in [0.15, 0.2) is 48.5 Å². The Kier molecular flexibility index (Phi) is 4.91. The largest absolute Gasteiger partial charge is 0.435 e. The molecule has 1 heterocycles. The second-order valence-corrected chi connectivity index (χ2v) is 6.11. The van der Waals surface area contributed by atoms with Gasteiger partial charge in [0.15, 0.2) is 5.69 Å². The second kappa shape index (κ2) is 7.02. The molecular formula is C19H16F5N3. The van der Waals surface area contributed by atoms with Crippen molar-refractivity contribution >= 4 is 5.69 Å². The fourth-order valence-corrected chi connectivity index (χ4v) is 2.86. The highest BCUT2D eigenvalue weighted by Gasteiger charge is 2.34. The van der Waals surface area contributed by atoms with Crippen molar-refractivity contribution in [3.8, 4) is 11.3 Å². The van der Waals surface area contributed by atoms with Gasteiger partial charge in [0.25, 0.3) is 0 Å². The fourth-order valence-electron chi connectivity index (χ4n) is 2.86. The zero-order valence-corrected chi connectivity index (χ0v) is 14.5. The Labute approximate surface area is 152 Å². The molecule has 0 amide bonds. The third-order valence-corrected chi connectivity index (χ3v) is 4.17. The van der Waals surface area contributed by atoms with Crippen molar-refractivity contribution < 1.29 is 22.0 Å². The van der Waals surface area contributed by atoms with Crippen molar-refractivity contribution in [3.63, 3.8) is 0 Å². The van der Waals surface area contributed by atoms with E-state index in [0.29, 0.717) is 16.9 Å². The number of hydrogen-bond donors (Lipinski definition) is 1. The second-order valence-electron chi connectivity index (χ2n) is 6.11. The average molecular weight is 381 g/mol. The number of hydrogen-bond acceptors (Lipinski definition) is 2. The fraction of sp³-hybridized carbons (Fsp3) is 0.211. The summed E-state index contributed by atoms with van der Waals surface area (Å²) >= 11 is 0. The zero-order valence-electron chi connectivity index (χ0n) is 14.5. The first-order valence-electron chi connectivity index (χ1n) is 8.09. The first-order chi connectivity index (χ1) is 12.7. The van der Waals surface area contributed by atoms with Crippen LogP contribution in [0.2, 0.25) is 0 Å². The molecular weight excluding hydrogens is 365 g/mol. The zero-order chi connectivity index (χ0) is 19.8. The minimum atomic E-state index is -4.52. The van der Waals surface area contributed by atoms with Crippen LogP contribution in [0.4, 0.5) is 27.6 Å². The molecule has 0 aliphatic carbocycles. The van der Waals surface area contributed by atoms with Crippen LogP contribution >= 0.6 is 0 Å². The number of halogens is 5. The predicted molar refractivity (Wildman–Crippen MR) is 92.0 cm³/mol. The van der Waals surface area contributed by atoms with Crippen LogP contribution in [0.5, 0.6) is 0 Å². The Bertz CT molecular complexity index is 925. The highest BCUT2D eigenvalue weighted by Crippen LogP contribution is 2.32. The van der Waals surface area contributed by atoms with Crippen molar-refractivity contribution in [2.75, 3.05) is 5.32 Å². The Morgan fingerprint density at radius 3 is 2.11 bits per heavy atom. The van der Waals surface area contributed by atoms with Crippen molar-refractivity contribution in [1.82, 2.24) is 9.78 Å². The number of benzene rings is 2. The van der Waals surface area contributed by atoms with Crippen LogP contribution in [0.1, 0.15) is 24.2 Å². The molecule has 3 rings (SSSR count). The smallest absolute Gasteiger partial charge is 0.378 e. The molecule has 3 aromatic rings. The molecule has 1 aromatic heterocycles. The van der Waals surface area contributed by atoms with E-state index in [1.165, 1.54) is 25.2 Å². The molecule has 0 saturated heterocycles. The number of alkyl halides is 3. The van der Waals surface area contributed by atoms with Crippen LogP contribution in [0.3, 0.4) is 0 Å². The Morgan fingerprint density at radius 1 is 1.00 bits per heavy atom. The minimum Gasteiger partial charge on any atom is -0.378 e. The average Bonchev–Trinajstić information content (AvgIpc) is 2.97. The number of rotatable bonds is 4. The lowest BCUT2D eigenvalue weighted by Crippen LogP contribution is -2.10. The summed E-state index contributed by atoms with van der Waals surface area (Å²) < 4.78 is 67.2. The summed E-state index contributed by atoms with van der Waals surface area (Å²) in [5, 5.41) is 6.46. The topological polar surface area (TPSA) is 29.9 Å². The summed E-state index contributed by atoms with van der Waals surface area (Å²) in [4.78, 5) is 0. The third kappa shape index (κ3) is 3.94. The van der Waals surface area contributed by atoms with Gasteiger partial charge in [0.1, 0.15) is 11.6 Å². The molecule has 0 spiro atoms. The molecule has 0 saturated carbocycles. The molecule has 0 bridgehead atoms. The summed E-state index contributed by atoms with van der Waals surface area (Å²) in [5.74, 6) is -1.30. The normalized spacial score (nSPS) is 12.9. The Balaban J connectivity index is 1.81. The summed E-state index contributed by atoms with van der Waals surface area (Å²) in [6.45, 7) is 1.62. The molecule has 1 unspecified atom stereocenters. The number of nitrogens with zero attached hydrogens (tertiary/aromatic N) is 2. The highest BCUT2D eigenvalue weighted by atomic mass is 19.4. The number of anilines is 1. The molecule has 3 nitrogen and oxygen atoms in total. The van der Waals surface area contributed by atoms with Crippen LogP contribution in [-0.4, -0.2) is 9.78 Å². The summed E-state index contributed by atoms with van der Waals surface area (Å²) in [6.07, 6.45) is -4.52. The van der Waals surface area contributed by atoms with E-state index < -0.39 is 29.5 Å². The molecule has 1 atom stereocenters. The molecule has 0 aliphatic rings. The molecule has 142 valence electrons. The van der Waals surface area contributed by atoms with Gasteiger partial charge >= 0.3 is 6.18 Å². The van der Waals surface area contributed by atoms with E-state index in [4.69, 9.17) is 0 Å². The standard InChI is InChI=1S/C19H16F5N3/c1-11(18-14(20)4-3-5-15(18)21)25-13-8-6-12(7-9-13)16-10-17(19(22,23)24)26-27(16)2/h3-11,25H,1-2H3. The van der Waals surface area contributed by atoms with Crippen molar-refractivity contribution in [1.29, 1.82) is 0 Å². The van der Waals surface area contributed by atoms with E-state index in [2.05, 4.69) is 10.4 Å². The highest BCUT2D eigenvalue weighted by molar-refractivity contribution is 5.63. The van der Waals surface area contributed by atoms with Crippen molar-refractivity contribution in [2.45, 2.75) is 19.1 Å². The number of aromatic nitrogens is 2. The van der Waals surface area contributed by atoms with E-state index in [0.717, 1.165) is 10.7 Å². The van der Waals surface area contributed by atoms with Crippen molar-refractivity contribution in [2.24, 2.45) is 7.05 Å². The maximum Gasteiger partial charge on any atom is 0.435 e. The van der Waals surface area contributed by atoms with Gasteiger partial charge in [0.2, 0.25) is 0 Å². The molecule has 8 heteroatoms. The third-order valence-electron chi connectivity index (χ3n) is 4.17. The summed E-state index contributed by atoms with van der Waals surface area (Å²) in [5.41, 5.74) is 0.374. The number of aryl methyl sites for hydroxylation is 1. The van der Waals surface area contributed by atoms with Crippen LogP contribution in [-0.2, 0) is 13.2 Å². The lowest BCUT2D eigenvalue weighted by atomic mass is 10.1. The molecule has 0 aliphatic heterocycles. The lowest BCUT2D eigenvalue weighted by Gasteiger charge is -2.17. The number of nitrogens with one attached hydrogen (secondary N) is 1. The molecule has 27 heavy (non-hydrogen) atoms. The van der Waals surface area contributed by atoms with E-state index in [-0.39, 0.29) is 5.56 Å². The van der Waals surface area contributed by atoms with Crippen LogP contribution in [0, 0.1) is 11.6 Å². The van der Waals surface area contributed by atoms with Crippen LogP contribution < -0.4 is 5.32 Å². The summed E-state index contributed by atoms with van der Waals surface area (Å²) in [6, 6.07) is 10.5. The van der Waals surface area contributed by atoms with E-state index in [1.54, 1.807) is 31.2 Å². The quantitative estimate of drug-likeness (QED) is 0.600. The lowest BCUT2D eigenvalue weighted by molar-refractivity contribution is -0.141. The van der Waals surface area contributed by atoms with E-state index in [1.807, 2.05) is 0 Å². The van der Waals surface area contributed by atoms with Gasteiger partial charge in [0.05, 0.1) is 11.7 Å². The SMILES string of the molecule is CC(Nc1ccc(-c2cc(C(F)(F)F)nn2C)cc1)c1c(F)cccc1F. The van der Waals surface area contributed by atoms with Gasteiger partial charge < -0.3 is 5.32 Å². The Morgan fingerprint density at radius 2 is 1.59 bits per heavy atom. The van der Waals surface area contributed by atoms with Gasteiger partial charge in [-0.15, -0.1) is 0 Å². The van der Waals surface area contributed by atoms with Crippen LogP contribution in [0.25, 0.3) is 11.3 Å².